The first-order chi connectivity index (χ1) is 8.38. The van der Waals surface area contributed by atoms with Crippen molar-refractivity contribution in [2.45, 2.75) is 19.8 Å². The lowest BCUT2D eigenvalue weighted by Crippen LogP contribution is -2.04. The first-order valence-corrected chi connectivity index (χ1v) is 6.25. The molecule has 2 aromatic carbocycles. The topological polar surface area (TPSA) is 12.0 Å². The molecule has 88 valence electrons. The van der Waals surface area contributed by atoms with Crippen molar-refractivity contribution in [2.24, 2.45) is 0 Å². The molecule has 1 N–H and O–H groups in total. The molecule has 0 aliphatic rings. The highest BCUT2D eigenvalue weighted by molar-refractivity contribution is 5.45. The third-order valence-corrected chi connectivity index (χ3v) is 2.92. The van der Waals surface area contributed by atoms with Crippen LogP contribution in [0.1, 0.15) is 18.1 Å². The second-order valence-electron chi connectivity index (χ2n) is 4.22. The summed E-state index contributed by atoms with van der Waals surface area (Å²) >= 11 is 0. The Bertz CT molecular complexity index is 448. The van der Waals surface area contributed by atoms with Crippen LogP contribution in [0.3, 0.4) is 0 Å². The minimum absolute atomic E-state index is 0.983. The minimum atomic E-state index is 0.983. The fraction of sp³-hybridized carbons (Fsp3) is 0.250. The Hall–Kier alpha value is -1.76. The molecule has 0 spiro atoms. The van der Waals surface area contributed by atoms with Crippen LogP contribution in [0.5, 0.6) is 0 Å². The lowest BCUT2D eigenvalue weighted by atomic mass is 10.1. The molecule has 2 aromatic rings. The fourth-order valence-corrected chi connectivity index (χ4v) is 1.90. The van der Waals surface area contributed by atoms with E-state index in [-0.39, 0.29) is 0 Å². The van der Waals surface area contributed by atoms with Gasteiger partial charge in [0.2, 0.25) is 0 Å². The zero-order valence-corrected chi connectivity index (χ0v) is 10.3. The van der Waals surface area contributed by atoms with Gasteiger partial charge in [0.15, 0.2) is 0 Å². The van der Waals surface area contributed by atoms with Crippen LogP contribution in [0.25, 0.3) is 0 Å². The number of aryl methyl sites for hydroxylation is 1. The summed E-state index contributed by atoms with van der Waals surface area (Å²) in [5.41, 5.74) is 3.99. The Morgan fingerprint density at radius 1 is 0.882 bits per heavy atom. The quantitative estimate of drug-likeness (QED) is 0.813. The molecule has 17 heavy (non-hydrogen) atoms. The normalized spacial score (nSPS) is 10.2. The second-order valence-corrected chi connectivity index (χ2v) is 4.22. The second kappa shape index (κ2) is 6.09. The van der Waals surface area contributed by atoms with Gasteiger partial charge in [-0.15, -0.1) is 0 Å². The van der Waals surface area contributed by atoms with E-state index in [1.807, 2.05) is 0 Å². The van der Waals surface area contributed by atoms with Gasteiger partial charge in [-0.3, -0.25) is 0 Å². The van der Waals surface area contributed by atoms with Crippen molar-refractivity contribution in [3.8, 4) is 0 Å². The molecule has 1 heteroatoms. The maximum atomic E-state index is 3.47. The van der Waals surface area contributed by atoms with E-state index in [9.17, 15) is 0 Å². The van der Waals surface area contributed by atoms with Crippen molar-refractivity contribution in [3.05, 3.63) is 65.7 Å². The molecule has 1 nitrogen and oxygen atoms in total. The number of hydrogen-bond donors (Lipinski definition) is 1. The zero-order chi connectivity index (χ0) is 11.9. The molecule has 0 saturated heterocycles. The van der Waals surface area contributed by atoms with E-state index < -0.39 is 0 Å². The summed E-state index contributed by atoms with van der Waals surface area (Å²) in [6.07, 6.45) is 2.16. The Morgan fingerprint density at radius 3 is 2.41 bits per heavy atom. The summed E-state index contributed by atoms with van der Waals surface area (Å²) in [5.74, 6) is 0. The summed E-state index contributed by atoms with van der Waals surface area (Å²) in [7, 11) is 0. The average molecular weight is 225 g/mol. The number of hydrogen-bond acceptors (Lipinski definition) is 1. The third-order valence-electron chi connectivity index (χ3n) is 2.92. The molecule has 2 rings (SSSR count). The highest BCUT2D eigenvalue weighted by Gasteiger charge is 1.94. The van der Waals surface area contributed by atoms with Crippen molar-refractivity contribution in [3.63, 3.8) is 0 Å². The molecule has 0 saturated carbocycles. The highest BCUT2D eigenvalue weighted by atomic mass is 14.9. The molecule has 0 aromatic heterocycles. The monoisotopic (exact) mass is 225 g/mol. The van der Waals surface area contributed by atoms with Gasteiger partial charge in [0, 0.05) is 12.2 Å². The lowest BCUT2D eigenvalue weighted by Gasteiger charge is -2.07. The van der Waals surface area contributed by atoms with Crippen LogP contribution < -0.4 is 5.32 Å². The number of rotatable bonds is 5. The molecule has 0 heterocycles. The van der Waals surface area contributed by atoms with Gasteiger partial charge in [-0.05, 0) is 36.1 Å². The van der Waals surface area contributed by atoms with Crippen LogP contribution >= 0.6 is 0 Å². The van der Waals surface area contributed by atoms with Crippen LogP contribution in [0, 0.1) is 0 Å². The van der Waals surface area contributed by atoms with E-state index in [0.29, 0.717) is 0 Å². The summed E-state index contributed by atoms with van der Waals surface area (Å²) in [6.45, 7) is 3.17. The summed E-state index contributed by atoms with van der Waals surface area (Å²) in [5, 5.41) is 3.47. The van der Waals surface area contributed by atoms with Crippen LogP contribution in [0.2, 0.25) is 0 Å². The third kappa shape index (κ3) is 3.63. The standard InChI is InChI=1S/C16H19N/c1-2-14-9-6-10-16(13-14)17-12-11-15-7-4-3-5-8-15/h3-10,13,17H,2,11-12H2,1H3. The van der Waals surface area contributed by atoms with E-state index in [4.69, 9.17) is 0 Å². The molecule has 0 aliphatic carbocycles. The van der Waals surface area contributed by atoms with E-state index in [2.05, 4.69) is 66.8 Å². The molecule has 0 bridgehead atoms. The Balaban J connectivity index is 1.86. The molecular weight excluding hydrogens is 206 g/mol. The van der Waals surface area contributed by atoms with Crippen LogP contribution in [0.4, 0.5) is 5.69 Å². The maximum Gasteiger partial charge on any atom is 0.0343 e. The van der Waals surface area contributed by atoms with Gasteiger partial charge in [0.05, 0.1) is 0 Å². The van der Waals surface area contributed by atoms with Crippen molar-refractivity contribution in [1.82, 2.24) is 0 Å². The molecule has 0 amide bonds. The molecule has 0 fully saturated rings. The van der Waals surface area contributed by atoms with E-state index >= 15 is 0 Å². The Labute approximate surface area is 103 Å². The van der Waals surface area contributed by atoms with Gasteiger partial charge in [-0.2, -0.15) is 0 Å². The first-order valence-electron chi connectivity index (χ1n) is 6.25. The SMILES string of the molecule is CCc1cccc(NCCc2ccccc2)c1. The molecule has 0 aliphatic heterocycles. The van der Waals surface area contributed by atoms with Crippen molar-refractivity contribution in [1.29, 1.82) is 0 Å². The zero-order valence-electron chi connectivity index (χ0n) is 10.3. The molecule has 0 unspecified atom stereocenters. The van der Waals surface area contributed by atoms with Gasteiger partial charge in [-0.1, -0.05) is 49.4 Å². The highest BCUT2D eigenvalue weighted by Crippen LogP contribution is 2.11. The van der Waals surface area contributed by atoms with Gasteiger partial charge in [-0.25, -0.2) is 0 Å². The summed E-state index contributed by atoms with van der Waals surface area (Å²) < 4.78 is 0. The van der Waals surface area contributed by atoms with Crippen LogP contribution in [-0.2, 0) is 12.8 Å². The smallest absolute Gasteiger partial charge is 0.0343 e. The fourth-order valence-electron chi connectivity index (χ4n) is 1.90. The molecule has 0 radical (unpaired) electrons. The summed E-state index contributed by atoms with van der Waals surface area (Å²) in [6, 6.07) is 19.2. The Kier molecular flexibility index (Phi) is 4.20. The van der Waals surface area contributed by atoms with Crippen LogP contribution in [0.15, 0.2) is 54.6 Å². The molecule has 0 atom stereocenters. The van der Waals surface area contributed by atoms with Crippen LogP contribution in [-0.4, -0.2) is 6.54 Å². The van der Waals surface area contributed by atoms with E-state index in [0.717, 1.165) is 19.4 Å². The van der Waals surface area contributed by atoms with Gasteiger partial charge in [0.1, 0.15) is 0 Å². The van der Waals surface area contributed by atoms with Crippen molar-refractivity contribution < 1.29 is 0 Å². The lowest BCUT2D eigenvalue weighted by molar-refractivity contribution is 1.02. The summed E-state index contributed by atoms with van der Waals surface area (Å²) in [4.78, 5) is 0. The van der Waals surface area contributed by atoms with Gasteiger partial charge >= 0.3 is 0 Å². The maximum absolute atomic E-state index is 3.47. The predicted molar refractivity (Wildman–Crippen MR) is 74.5 cm³/mol. The Morgan fingerprint density at radius 2 is 1.65 bits per heavy atom. The number of anilines is 1. The predicted octanol–water partition coefficient (Wildman–Crippen LogP) is 3.90. The minimum Gasteiger partial charge on any atom is -0.385 e. The van der Waals surface area contributed by atoms with Crippen molar-refractivity contribution >= 4 is 5.69 Å². The van der Waals surface area contributed by atoms with Gasteiger partial charge < -0.3 is 5.32 Å². The largest absolute Gasteiger partial charge is 0.385 e. The number of nitrogens with one attached hydrogen (secondary N) is 1. The molecular formula is C16H19N. The number of benzene rings is 2. The van der Waals surface area contributed by atoms with E-state index in [1.165, 1.54) is 16.8 Å². The first kappa shape index (κ1) is 11.7. The average Bonchev–Trinajstić information content (AvgIpc) is 2.40. The van der Waals surface area contributed by atoms with E-state index in [1.54, 1.807) is 0 Å². The van der Waals surface area contributed by atoms with Gasteiger partial charge in [0.25, 0.3) is 0 Å². The van der Waals surface area contributed by atoms with Crippen molar-refractivity contribution in [2.75, 3.05) is 11.9 Å².